The van der Waals surface area contributed by atoms with Gasteiger partial charge < -0.3 is 25.5 Å². The number of aromatic nitrogens is 4. The average Bonchev–Trinajstić information content (AvgIpc) is 3.28. The van der Waals surface area contributed by atoms with Crippen molar-refractivity contribution in [2.75, 3.05) is 23.8 Å². The van der Waals surface area contributed by atoms with Gasteiger partial charge in [0.2, 0.25) is 5.95 Å². The second-order valence-corrected chi connectivity index (χ2v) is 7.52. The largest absolute Gasteiger partial charge is 0.491 e. The number of benzene rings is 2. The molecule has 4 rings (SSSR count). The van der Waals surface area contributed by atoms with Crippen LogP contribution < -0.4 is 15.4 Å². The van der Waals surface area contributed by atoms with Gasteiger partial charge in [-0.2, -0.15) is 10.1 Å². The third-order valence-corrected chi connectivity index (χ3v) is 4.95. The van der Waals surface area contributed by atoms with Crippen molar-refractivity contribution in [3.63, 3.8) is 0 Å². The van der Waals surface area contributed by atoms with E-state index in [-0.39, 0.29) is 0 Å². The van der Waals surface area contributed by atoms with E-state index in [9.17, 15) is 0 Å². The number of rotatable bonds is 12. The molecule has 2 aromatic carbocycles. The lowest BCUT2D eigenvalue weighted by molar-refractivity contribution is 0.0886. The van der Waals surface area contributed by atoms with Gasteiger partial charge in [0.1, 0.15) is 18.2 Å². The van der Waals surface area contributed by atoms with Crippen molar-refractivity contribution in [1.29, 1.82) is 5.41 Å². The molecule has 0 aliphatic rings. The van der Waals surface area contributed by atoms with Gasteiger partial charge in [-0.1, -0.05) is 48.5 Å². The van der Waals surface area contributed by atoms with E-state index in [1.807, 2.05) is 67.8 Å². The molecule has 0 amide bonds. The predicted molar refractivity (Wildman–Crippen MR) is 132 cm³/mol. The van der Waals surface area contributed by atoms with Crippen LogP contribution >= 0.6 is 0 Å². The fraction of sp³-hybridized carbons (Fsp3) is 0.200. The van der Waals surface area contributed by atoms with E-state index in [4.69, 9.17) is 14.9 Å². The zero-order valence-electron chi connectivity index (χ0n) is 18.9. The molecule has 0 fully saturated rings. The van der Waals surface area contributed by atoms with E-state index >= 15 is 0 Å². The van der Waals surface area contributed by atoms with Crippen LogP contribution in [0.5, 0.6) is 5.75 Å². The quantitative estimate of drug-likeness (QED) is 0.216. The lowest BCUT2D eigenvalue weighted by Crippen LogP contribution is -2.11. The lowest BCUT2D eigenvalue weighted by Gasteiger charge is -2.14. The molecule has 2 aromatic heterocycles. The molecule has 2 heterocycles. The second-order valence-electron chi connectivity index (χ2n) is 7.52. The van der Waals surface area contributed by atoms with E-state index < -0.39 is 0 Å². The zero-order valence-corrected chi connectivity index (χ0v) is 18.9. The van der Waals surface area contributed by atoms with Crippen LogP contribution in [0.15, 0.2) is 73.2 Å². The first-order valence-electron chi connectivity index (χ1n) is 10.9. The van der Waals surface area contributed by atoms with Crippen LogP contribution in [0.3, 0.4) is 0 Å². The Balaban J connectivity index is 1.34. The van der Waals surface area contributed by atoms with Crippen LogP contribution in [-0.2, 0) is 24.9 Å². The highest BCUT2D eigenvalue weighted by Gasteiger charge is 2.09. The van der Waals surface area contributed by atoms with E-state index in [2.05, 4.69) is 25.7 Å². The molecule has 0 saturated heterocycles. The summed E-state index contributed by atoms with van der Waals surface area (Å²) in [4.78, 5) is 8.80. The number of para-hydroxylation sites is 1. The first kappa shape index (κ1) is 22.9. The summed E-state index contributed by atoms with van der Waals surface area (Å²) in [6, 6.07) is 17.9. The topological polar surface area (TPSA) is 110 Å². The van der Waals surface area contributed by atoms with Gasteiger partial charge in [-0.15, -0.1) is 0 Å². The summed E-state index contributed by atoms with van der Waals surface area (Å²) in [6.07, 6.45) is 6.35. The van der Waals surface area contributed by atoms with Gasteiger partial charge in [-0.05, 0) is 11.6 Å². The van der Waals surface area contributed by atoms with Gasteiger partial charge in [0, 0.05) is 37.8 Å². The van der Waals surface area contributed by atoms with Crippen molar-refractivity contribution in [3.05, 3.63) is 89.9 Å². The van der Waals surface area contributed by atoms with Crippen molar-refractivity contribution >= 4 is 23.7 Å². The number of nitrogens with one attached hydrogen (secondary N) is 3. The van der Waals surface area contributed by atoms with Gasteiger partial charge >= 0.3 is 0 Å². The molecule has 0 bridgehead atoms. The van der Waals surface area contributed by atoms with Gasteiger partial charge in [-0.25, -0.2) is 4.98 Å². The third-order valence-electron chi connectivity index (χ3n) is 4.95. The molecule has 4 aromatic rings. The van der Waals surface area contributed by atoms with Crippen molar-refractivity contribution < 1.29 is 9.47 Å². The second kappa shape index (κ2) is 11.6. The van der Waals surface area contributed by atoms with Crippen molar-refractivity contribution in [3.8, 4) is 5.75 Å². The van der Waals surface area contributed by atoms with Crippen molar-refractivity contribution in [2.24, 2.45) is 7.05 Å². The molecular formula is C25H27N7O2. The van der Waals surface area contributed by atoms with Gasteiger partial charge in [0.25, 0.3) is 0 Å². The fourth-order valence-corrected chi connectivity index (χ4v) is 3.26. The molecule has 9 nitrogen and oxygen atoms in total. The highest BCUT2D eigenvalue weighted by atomic mass is 16.5. The van der Waals surface area contributed by atoms with E-state index in [1.54, 1.807) is 17.1 Å². The maximum atomic E-state index is 7.68. The number of aryl methyl sites for hydroxylation is 1. The maximum Gasteiger partial charge on any atom is 0.229 e. The van der Waals surface area contributed by atoms with Crippen LogP contribution in [-0.4, -0.2) is 39.2 Å². The van der Waals surface area contributed by atoms with Crippen LogP contribution in [0.4, 0.5) is 17.5 Å². The number of ether oxygens (including phenoxy) is 2. The van der Waals surface area contributed by atoms with Crippen molar-refractivity contribution in [2.45, 2.75) is 13.2 Å². The summed E-state index contributed by atoms with van der Waals surface area (Å²) in [5.41, 5.74) is 3.48. The minimum Gasteiger partial charge on any atom is -0.491 e. The van der Waals surface area contributed by atoms with E-state index in [0.29, 0.717) is 43.7 Å². The molecule has 0 atom stereocenters. The Bertz CT molecular complexity index is 1210. The maximum absolute atomic E-state index is 7.68. The van der Waals surface area contributed by atoms with E-state index in [0.717, 1.165) is 22.6 Å². The predicted octanol–water partition coefficient (Wildman–Crippen LogP) is 4.16. The summed E-state index contributed by atoms with van der Waals surface area (Å²) < 4.78 is 13.4. The Morgan fingerprint density at radius 1 is 1.03 bits per heavy atom. The van der Waals surface area contributed by atoms with Crippen LogP contribution in [0.1, 0.15) is 16.7 Å². The zero-order chi connectivity index (χ0) is 23.6. The highest BCUT2D eigenvalue weighted by Crippen LogP contribution is 2.21. The van der Waals surface area contributed by atoms with E-state index in [1.165, 1.54) is 6.21 Å². The molecule has 9 heteroatoms. The highest BCUT2D eigenvalue weighted by molar-refractivity contribution is 5.84. The molecule has 0 aliphatic heterocycles. The molecule has 0 spiro atoms. The number of hydrogen-bond acceptors (Lipinski definition) is 8. The first-order valence-corrected chi connectivity index (χ1v) is 10.9. The molecule has 0 aliphatic carbocycles. The Morgan fingerprint density at radius 3 is 2.65 bits per heavy atom. The standard InChI is InChI=1S/C25H27N7O2/c1-32-17-22(16-29-32)30-25-28-15-21(13-26)24(31-25)27-14-20-9-5-6-10-23(20)34-12-11-33-18-19-7-3-2-4-8-19/h2-10,13,15-17,26H,11-12,14,18H2,1H3,(H2,27,28,30,31). The SMILES string of the molecule is Cn1cc(Nc2ncc(C=N)c(NCc3ccccc3OCCOCc3ccccc3)n2)cn1. The Kier molecular flexibility index (Phi) is 7.81. The minimum absolute atomic E-state index is 0.418. The van der Waals surface area contributed by atoms with Crippen LogP contribution in [0, 0.1) is 5.41 Å². The Hall–Kier alpha value is -4.24. The molecule has 174 valence electrons. The molecule has 3 N–H and O–H groups in total. The molecule has 0 radical (unpaired) electrons. The fourth-order valence-electron chi connectivity index (χ4n) is 3.26. The number of anilines is 3. The Morgan fingerprint density at radius 2 is 1.85 bits per heavy atom. The Labute approximate surface area is 198 Å². The first-order chi connectivity index (χ1) is 16.7. The number of nitrogens with zero attached hydrogens (tertiary/aromatic N) is 4. The third kappa shape index (κ3) is 6.39. The molecular weight excluding hydrogens is 430 g/mol. The van der Waals surface area contributed by atoms with Crippen LogP contribution in [0.25, 0.3) is 0 Å². The summed E-state index contributed by atoms with van der Waals surface area (Å²) in [7, 11) is 1.84. The monoisotopic (exact) mass is 457 g/mol. The van der Waals surface area contributed by atoms with Gasteiger partial charge in [0.15, 0.2) is 0 Å². The summed E-state index contributed by atoms with van der Waals surface area (Å²) in [5, 5.41) is 18.2. The summed E-state index contributed by atoms with van der Waals surface area (Å²) >= 11 is 0. The van der Waals surface area contributed by atoms with Gasteiger partial charge in [-0.3, -0.25) is 4.68 Å². The summed E-state index contributed by atoms with van der Waals surface area (Å²) in [5.74, 6) is 1.75. The lowest BCUT2D eigenvalue weighted by atomic mass is 10.2. The van der Waals surface area contributed by atoms with Crippen LogP contribution in [0.2, 0.25) is 0 Å². The molecule has 34 heavy (non-hydrogen) atoms. The molecule has 0 saturated carbocycles. The van der Waals surface area contributed by atoms with Crippen molar-refractivity contribution in [1.82, 2.24) is 19.7 Å². The van der Waals surface area contributed by atoms with Gasteiger partial charge in [0.05, 0.1) is 30.7 Å². The normalized spacial score (nSPS) is 10.6. The number of hydrogen-bond donors (Lipinski definition) is 3. The molecule has 0 unspecified atom stereocenters. The average molecular weight is 458 g/mol. The summed E-state index contributed by atoms with van der Waals surface area (Å²) in [6.45, 7) is 1.97. The smallest absolute Gasteiger partial charge is 0.229 e. The minimum atomic E-state index is 0.418.